The predicted molar refractivity (Wildman–Crippen MR) is 56.0 cm³/mol. The third-order valence-corrected chi connectivity index (χ3v) is 2.56. The number of rotatable bonds is 5. The van der Waals surface area contributed by atoms with Gasteiger partial charge in [-0.15, -0.1) is 6.58 Å². The molecule has 0 aromatic rings. The summed E-state index contributed by atoms with van der Waals surface area (Å²) < 4.78 is 5.26. The third-order valence-electron chi connectivity index (χ3n) is 2.56. The van der Waals surface area contributed by atoms with Crippen molar-refractivity contribution in [2.45, 2.75) is 25.7 Å². The van der Waals surface area contributed by atoms with Gasteiger partial charge in [-0.1, -0.05) is 6.08 Å². The van der Waals surface area contributed by atoms with Gasteiger partial charge in [0.25, 0.3) is 0 Å². The van der Waals surface area contributed by atoms with Crippen LogP contribution in [-0.2, 0) is 9.53 Å². The van der Waals surface area contributed by atoms with Crippen LogP contribution < -0.4 is 5.32 Å². The average molecular weight is 197 g/mol. The van der Waals surface area contributed by atoms with Crippen molar-refractivity contribution in [1.82, 2.24) is 5.32 Å². The molecular weight excluding hydrogens is 178 g/mol. The Balaban J connectivity index is 2.06. The van der Waals surface area contributed by atoms with Gasteiger partial charge >= 0.3 is 0 Å². The van der Waals surface area contributed by atoms with Crippen LogP contribution in [0.25, 0.3) is 0 Å². The minimum Gasteiger partial charge on any atom is -0.381 e. The number of hydrogen-bond donors (Lipinski definition) is 1. The first-order valence-corrected chi connectivity index (χ1v) is 5.28. The number of carbonyl (C=O) groups excluding carboxylic acids is 1. The van der Waals surface area contributed by atoms with Crippen molar-refractivity contribution in [3.63, 3.8) is 0 Å². The van der Waals surface area contributed by atoms with Gasteiger partial charge in [-0.3, -0.25) is 4.79 Å². The van der Waals surface area contributed by atoms with Crippen LogP contribution >= 0.6 is 0 Å². The SMILES string of the molecule is C=CCNC(=O)CCC1CCOCC1. The zero-order chi connectivity index (χ0) is 10.2. The van der Waals surface area contributed by atoms with E-state index < -0.39 is 0 Å². The number of carbonyl (C=O) groups is 1. The van der Waals surface area contributed by atoms with E-state index in [1.165, 1.54) is 0 Å². The predicted octanol–water partition coefficient (Wildman–Crippen LogP) is 1.50. The second kappa shape index (κ2) is 6.60. The summed E-state index contributed by atoms with van der Waals surface area (Å²) in [7, 11) is 0. The molecule has 1 N–H and O–H groups in total. The fraction of sp³-hybridized carbons (Fsp3) is 0.727. The van der Waals surface area contributed by atoms with E-state index in [2.05, 4.69) is 11.9 Å². The van der Waals surface area contributed by atoms with E-state index in [0.29, 0.717) is 18.9 Å². The van der Waals surface area contributed by atoms with E-state index in [1.54, 1.807) is 6.08 Å². The van der Waals surface area contributed by atoms with Crippen molar-refractivity contribution in [1.29, 1.82) is 0 Å². The first-order valence-electron chi connectivity index (χ1n) is 5.28. The van der Waals surface area contributed by atoms with Crippen LogP contribution in [0.2, 0.25) is 0 Å². The van der Waals surface area contributed by atoms with E-state index in [1.807, 2.05) is 0 Å². The summed E-state index contributed by atoms with van der Waals surface area (Å²) in [5, 5.41) is 2.78. The Hall–Kier alpha value is -0.830. The van der Waals surface area contributed by atoms with Crippen LogP contribution in [0.5, 0.6) is 0 Å². The minimum absolute atomic E-state index is 0.136. The van der Waals surface area contributed by atoms with Gasteiger partial charge in [0.15, 0.2) is 0 Å². The van der Waals surface area contributed by atoms with Crippen LogP contribution in [0.4, 0.5) is 0 Å². The van der Waals surface area contributed by atoms with Crippen LogP contribution in [0.1, 0.15) is 25.7 Å². The molecule has 1 rings (SSSR count). The molecule has 0 radical (unpaired) electrons. The van der Waals surface area contributed by atoms with Gasteiger partial charge in [0.05, 0.1) is 0 Å². The number of amides is 1. The van der Waals surface area contributed by atoms with Gasteiger partial charge in [-0.05, 0) is 25.2 Å². The van der Waals surface area contributed by atoms with E-state index >= 15 is 0 Å². The Labute approximate surface area is 85.5 Å². The first-order chi connectivity index (χ1) is 6.83. The smallest absolute Gasteiger partial charge is 0.220 e. The van der Waals surface area contributed by atoms with Gasteiger partial charge < -0.3 is 10.1 Å². The molecule has 0 unspecified atom stereocenters. The Kier molecular flexibility index (Phi) is 5.30. The molecule has 0 aromatic heterocycles. The molecule has 0 bridgehead atoms. The molecule has 1 heterocycles. The van der Waals surface area contributed by atoms with Crippen molar-refractivity contribution < 1.29 is 9.53 Å². The summed E-state index contributed by atoms with van der Waals surface area (Å²) in [5.74, 6) is 0.814. The van der Waals surface area contributed by atoms with Gasteiger partial charge in [0.2, 0.25) is 5.91 Å². The zero-order valence-corrected chi connectivity index (χ0v) is 8.63. The topological polar surface area (TPSA) is 38.3 Å². The van der Waals surface area contributed by atoms with E-state index in [4.69, 9.17) is 4.74 Å². The van der Waals surface area contributed by atoms with Crippen molar-refractivity contribution in [3.8, 4) is 0 Å². The second-order valence-corrected chi connectivity index (χ2v) is 3.69. The minimum atomic E-state index is 0.136. The highest BCUT2D eigenvalue weighted by atomic mass is 16.5. The normalized spacial score (nSPS) is 17.7. The van der Waals surface area contributed by atoms with Crippen LogP contribution in [0.3, 0.4) is 0 Å². The maximum Gasteiger partial charge on any atom is 0.220 e. The fourth-order valence-corrected chi connectivity index (χ4v) is 1.64. The first kappa shape index (κ1) is 11.2. The lowest BCUT2D eigenvalue weighted by Crippen LogP contribution is -2.24. The standard InChI is InChI=1S/C11H19NO2/c1-2-7-12-11(13)4-3-10-5-8-14-9-6-10/h2,10H,1,3-9H2,(H,12,13). The lowest BCUT2D eigenvalue weighted by Gasteiger charge is -2.21. The van der Waals surface area contributed by atoms with Gasteiger partial charge in [0, 0.05) is 26.2 Å². The van der Waals surface area contributed by atoms with Crippen molar-refractivity contribution in [2.24, 2.45) is 5.92 Å². The maximum atomic E-state index is 11.3. The summed E-state index contributed by atoms with van der Waals surface area (Å²) in [6, 6.07) is 0. The number of nitrogens with one attached hydrogen (secondary N) is 1. The average Bonchev–Trinajstić information content (AvgIpc) is 2.25. The Morgan fingerprint density at radius 1 is 1.50 bits per heavy atom. The van der Waals surface area contributed by atoms with Crippen LogP contribution in [0.15, 0.2) is 12.7 Å². The highest BCUT2D eigenvalue weighted by Crippen LogP contribution is 2.19. The monoisotopic (exact) mass is 197 g/mol. The fourth-order valence-electron chi connectivity index (χ4n) is 1.64. The molecule has 80 valence electrons. The maximum absolute atomic E-state index is 11.3. The third kappa shape index (κ3) is 4.42. The van der Waals surface area contributed by atoms with Crippen molar-refractivity contribution in [2.75, 3.05) is 19.8 Å². The molecule has 1 aliphatic heterocycles. The Bertz CT molecular complexity index is 186. The van der Waals surface area contributed by atoms with Gasteiger partial charge in [-0.2, -0.15) is 0 Å². The summed E-state index contributed by atoms with van der Waals surface area (Å²) in [4.78, 5) is 11.3. The van der Waals surface area contributed by atoms with Gasteiger partial charge in [-0.25, -0.2) is 0 Å². The summed E-state index contributed by atoms with van der Waals surface area (Å²) in [6.45, 7) is 5.85. The van der Waals surface area contributed by atoms with Crippen molar-refractivity contribution in [3.05, 3.63) is 12.7 Å². The highest BCUT2D eigenvalue weighted by Gasteiger charge is 2.14. The number of ether oxygens (including phenoxy) is 1. The molecule has 0 aromatic carbocycles. The molecule has 0 atom stereocenters. The summed E-state index contributed by atoms with van der Waals surface area (Å²) in [6.07, 6.45) is 5.54. The van der Waals surface area contributed by atoms with Crippen LogP contribution in [-0.4, -0.2) is 25.7 Å². The summed E-state index contributed by atoms with van der Waals surface area (Å²) in [5.41, 5.74) is 0. The van der Waals surface area contributed by atoms with E-state index in [-0.39, 0.29) is 5.91 Å². The molecule has 1 amide bonds. The molecule has 3 nitrogen and oxygen atoms in total. The van der Waals surface area contributed by atoms with Gasteiger partial charge in [0.1, 0.15) is 0 Å². The molecule has 3 heteroatoms. The summed E-state index contributed by atoms with van der Waals surface area (Å²) >= 11 is 0. The molecule has 0 aliphatic carbocycles. The molecule has 0 spiro atoms. The van der Waals surface area contributed by atoms with E-state index in [9.17, 15) is 4.79 Å². The molecule has 1 aliphatic rings. The lowest BCUT2D eigenvalue weighted by atomic mass is 9.95. The quantitative estimate of drug-likeness (QED) is 0.678. The molecular formula is C11H19NO2. The molecule has 1 fully saturated rings. The zero-order valence-electron chi connectivity index (χ0n) is 8.63. The second-order valence-electron chi connectivity index (χ2n) is 3.69. The highest BCUT2D eigenvalue weighted by molar-refractivity contribution is 5.75. The number of hydrogen-bond acceptors (Lipinski definition) is 2. The molecule has 14 heavy (non-hydrogen) atoms. The molecule has 0 saturated carbocycles. The molecule has 1 saturated heterocycles. The largest absolute Gasteiger partial charge is 0.381 e. The lowest BCUT2D eigenvalue weighted by molar-refractivity contribution is -0.121. The Morgan fingerprint density at radius 3 is 2.86 bits per heavy atom. The van der Waals surface area contributed by atoms with Crippen LogP contribution in [0, 0.1) is 5.92 Å². The van der Waals surface area contributed by atoms with Crippen molar-refractivity contribution >= 4 is 5.91 Å². The van der Waals surface area contributed by atoms with E-state index in [0.717, 1.165) is 32.5 Å². The Morgan fingerprint density at radius 2 is 2.21 bits per heavy atom.